The van der Waals surface area contributed by atoms with Gasteiger partial charge >= 0.3 is 0 Å². The van der Waals surface area contributed by atoms with Gasteiger partial charge in [0.1, 0.15) is 0 Å². The van der Waals surface area contributed by atoms with E-state index in [1.165, 1.54) is 11.8 Å². The first-order chi connectivity index (χ1) is 7.48. The van der Waals surface area contributed by atoms with Gasteiger partial charge in [-0.2, -0.15) is 0 Å². The fourth-order valence-electron chi connectivity index (χ4n) is 1.61. The molecule has 0 radical (unpaired) electrons. The molecule has 1 fully saturated rings. The SMILES string of the molecule is O=S1(=O)CC(O)C(Sc2ccccc2Cl)C1. The van der Waals surface area contributed by atoms with Gasteiger partial charge in [0.05, 0.1) is 27.9 Å². The maximum Gasteiger partial charge on any atom is 0.154 e. The highest BCUT2D eigenvalue weighted by Crippen LogP contribution is 2.34. The van der Waals surface area contributed by atoms with Crippen molar-refractivity contribution in [3.8, 4) is 0 Å². The highest BCUT2D eigenvalue weighted by atomic mass is 35.5. The van der Waals surface area contributed by atoms with Crippen molar-refractivity contribution in [2.45, 2.75) is 16.2 Å². The molecule has 0 aromatic heterocycles. The van der Waals surface area contributed by atoms with Gasteiger partial charge in [-0.05, 0) is 12.1 Å². The molecule has 0 saturated carbocycles. The number of thioether (sulfide) groups is 1. The summed E-state index contributed by atoms with van der Waals surface area (Å²) >= 11 is 7.30. The maximum atomic E-state index is 11.3. The molecule has 2 atom stereocenters. The van der Waals surface area contributed by atoms with E-state index in [1.807, 2.05) is 18.2 Å². The summed E-state index contributed by atoms with van der Waals surface area (Å²) in [5, 5.41) is 9.91. The van der Waals surface area contributed by atoms with Gasteiger partial charge in [-0.1, -0.05) is 23.7 Å². The van der Waals surface area contributed by atoms with Crippen LogP contribution < -0.4 is 0 Å². The predicted molar refractivity (Wildman–Crippen MR) is 65.8 cm³/mol. The molecule has 1 N–H and O–H groups in total. The third-order valence-electron chi connectivity index (χ3n) is 2.39. The zero-order chi connectivity index (χ0) is 11.8. The topological polar surface area (TPSA) is 54.4 Å². The molecule has 3 nitrogen and oxygen atoms in total. The van der Waals surface area contributed by atoms with Crippen molar-refractivity contribution < 1.29 is 13.5 Å². The Kier molecular flexibility index (Phi) is 3.49. The quantitative estimate of drug-likeness (QED) is 0.893. The fraction of sp³-hybridized carbons (Fsp3) is 0.400. The second kappa shape index (κ2) is 4.56. The van der Waals surface area contributed by atoms with Crippen LogP contribution >= 0.6 is 23.4 Å². The standard InChI is InChI=1S/C10H11ClO3S2/c11-7-3-1-2-4-9(7)15-10-6-16(13,14)5-8(10)12/h1-4,8,10,12H,5-6H2. The summed E-state index contributed by atoms with van der Waals surface area (Å²) in [7, 11) is -3.09. The molecule has 0 spiro atoms. The van der Waals surface area contributed by atoms with E-state index in [4.69, 9.17) is 11.6 Å². The van der Waals surface area contributed by atoms with Gasteiger partial charge in [0, 0.05) is 4.90 Å². The lowest BCUT2D eigenvalue weighted by molar-refractivity contribution is 0.207. The summed E-state index contributed by atoms with van der Waals surface area (Å²) in [6.45, 7) is 0. The molecular formula is C10H11ClO3S2. The molecule has 1 aliphatic rings. The number of hydrogen-bond donors (Lipinski definition) is 1. The molecule has 1 aromatic rings. The summed E-state index contributed by atoms with van der Waals surface area (Å²) < 4.78 is 22.6. The molecule has 0 aliphatic carbocycles. The molecule has 2 unspecified atom stereocenters. The lowest BCUT2D eigenvalue weighted by Crippen LogP contribution is -2.19. The minimum absolute atomic E-state index is 0.0179. The van der Waals surface area contributed by atoms with Gasteiger partial charge in [0.15, 0.2) is 9.84 Å². The number of aliphatic hydroxyl groups is 1. The van der Waals surface area contributed by atoms with Gasteiger partial charge in [-0.25, -0.2) is 8.42 Å². The van der Waals surface area contributed by atoms with E-state index in [9.17, 15) is 13.5 Å². The van der Waals surface area contributed by atoms with E-state index in [2.05, 4.69) is 0 Å². The van der Waals surface area contributed by atoms with Crippen LogP contribution in [0.15, 0.2) is 29.2 Å². The first-order valence-electron chi connectivity index (χ1n) is 4.77. The average molecular weight is 279 g/mol. The van der Waals surface area contributed by atoms with E-state index in [0.717, 1.165) is 4.90 Å². The van der Waals surface area contributed by atoms with Crippen molar-refractivity contribution in [2.75, 3.05) is 11.5 Å². The Balaban J connectivity index is 2.15. The molecule has 1 aromatic carbocycles. The smallest absolute Gasteiger partial charge is 0.154 e. The van der Waals surface area contributed by atoms with E-state index < -0.39 is 15.9 Å². The van der Waals surface area contributed by atoms with Crippen LogP contribution in [0.5, 0.6) is 0 Å². The molecule has 1 aliphatic heterocycles. The first kappa shape index (κ1) is 12.2. The van der Waals surface area contributed by atoms with Crippen molar-refractivity contribution in [3.05, 3.63) is 29.3 Å². The van der Waals surface area contributed by atoms with E-state index >= 15 is 0 Å². The van der Waals surface area contributed by atoms with Crippen molar-refractivity contribution in [1.29, 1.82) is 0 Å². The van der Waals surface area contributed by atoms with Gasteiger partial charge < -0.3 is 5.11 Å². The summed E-state index contributed by atoms with van der Waals surface area (Å²) in [6.07, 6.45) is -0.800. The summed E-state index contributed by atoms with van der Waals surface area (Å²) in [6, 6.07) is 7.22. The average Bonchev–Trinajstić information content (AvgIpc) is 2.44. The fourth-order valence-corrected chi connectivity index (χ4v) is 5.43. The number of benzene rings is 1. The van der Waals surface area contributed by atoms with Crippen LogP contribution in [-0.2, 0) is 9.84 Å². The lowest BCUT2D eigenvalue weighted by atomic mass is 10.3. The van der Waals surface area contributed by atoms with Crippen LogP contribution in [0.4, 0.5) is 0 Å². The predicted octanol–water partition coefficient (Wildman–Crippen LogP) is 1.59. The molecule has 16 heavy (non-hydrogen) atoms. The highest BCUT2D eigenvalue weighted by Gasteiger charge is 2.37. The van der Waals surface area contributed by atoms with Gasteiger partial charge in [0.25, 0.3) is 0 Å². The zero-order valence-electron chi connectivity index (χ0n) is 8.34. The van der Waals surface area contributed by atoms with Crippen LogP contribution in [0.3, 0.4) is 0 Å². The number of sulfone groups is 1. The summed E-state index contributed by atoms with van der Waals surface area (Å²) in [4.78, 5) is 0.810. The summed E-state index contributed by atoms with van der Waals surface area (Å²) in [5.41, 5.74) is 0. The molecule has 1 heterocycles. The molecule has 0 bridgehead atoms. The van der Waals surface area contributed by atoms with Crippen LogP contribution in [0.2, 0.25) is 5.02 Å². The second-order valence-electron chi connectivity index (χ2n) is 3.73. The first-order valence-corrected chi connectivity index (χ1v) is 7.85. The molecule has 2 rings (SSSR count). The van der Waals surface area contributed by atoms with Gasteiger partial charge in [0.2, 0.25) is 0 Å². The Labute approximate surface area is 104 Å². The van der Waals surface area contributed by atoms with Crippen LogP contribution in [-0.4, -0.2) is 36.4 Å². The Hall–Kier alpha value is -0.230. The Morgan fingerprint density at radius 3 is 2.56 bits per heavy atom. The minimum Gasteiger partial charge on any atom is -0.391 e. The maximum absolute atomic E-state index is 11.3. The van der Waals surface area contributed by atoms with Crippen LogP contribution in [0.25, 0.3) is 0 Å². The third-order valence-corrected chi connectivity index (χ3v) is 6.15. The molecule has 6 heteroatoms. The number of rotatable bonds is 2. The van der Waals surface area contributed by atoms with Crippen LogP contribution in [0.1, 0.15) is 0 Å². The molecule has 1 saturated heterocycles. The Morgan fingerprint density at radius 1 is 1.31 bits per heavy atom. The Morgan fingerprint density at radius 2 is 2.00 bits per heavy atom. The zero-order valence-corrected chi connectivity index (χ0v) is 10.7. The van der Waals surface area contributed by atoms with Crippen molar-refractivity contribution in [2.24, 2.45) is 0 Å². The monoisotopic (exact) mass is 278 g/mol. The van der Waals surface area contributed by atoms with Gasteiger partial charge in [-0.15, -0.1) is 11.8 Å². The van der Waals surface area contributed by atoms with Crippen molar-refractivity contribution >= 4 is 33.2 Å². The van der Waals surface area contributed by atoms with Crippen molar-refractivity contribution in [1.82, 2.24) is 0 Å². The number of hydrogen-bond acceptors (Lipinski definition) is 4. The highest BCUT2D eigenvalue weighted by molar-refractivity contribution is 8.02. The third kappa shape index (κ3) is 2.71. The molecular weight excluding hydrogens is 268 g/mol. The largest absolute Gasteiger partial charge is 0.391 e. The van der Waals surface area contributed by atoms with E-state index in [1.54, 1.807) is 6.07 Å². The van der Waals surface area contributed by atoms with Crippen molar-refractivity contribution in [3.63, 3.8) is 0 Å². The Bertz CT molecular complexity index is 487. The molecule has 0 amide bonds. The summed E-state index contributed by atoms with van der Waals surface area (Å²) in [5.74, 6) is -0.126. The van der Waals surface area contributed by atoms with Gasteiger partial charge in [-0.3, -0.25) is 0 Å². The number of halogens is 1. The lowest BCUT2D eigenvalue weighted by Gasteiger charge is -2.12. The molecule has 88 valence electrons. The minimum atomic E-state index is -3.09. The van der Waals surface area contributed by atoms with E-state index in [-0.39, 0.29) is 16.8 Å². The van der Waals surface area contributed by atoms with E-state index in [0.29, 0.717) is 5.02 Å². The number of aliphatic hydroxyl groups excluding tert-OH is 1. The second-order valence-corrected chi connectivity index (χ2v) is 7.57. The van der Waals surface area contributed by atoms with Crippen LogP contribution in [0, 0.1) is 0 Å². The normalized spacial score (nSPS) is 28.1.